The summed E-state index contributed by atoms with van der Waals surface area (Å²) in [4.78, 5) is 0. The Hall–Kier alpha value is -1.06. The van der Waals surface area contributed by atoms with Crippen LogP contribution in [0.25, 0.3) is 0 Å². The monoisotopic (exact) mass is 221 g/mol. The smallest absolute Gasteiger partial charge is 0.122 e. The first-order valence-corrected chi connectivity index (χ1v) is 5.74. The molecule has 0 amide bonds. The largest absolute Gasteiger partial charge is 0.493 e. The summed E-state index contributed by atoms with van der Waals surface area (Å²) in [5, 5.41) is 3.21. The Morgan fingerprint density at radius 2 is 2.38 bits per heavy atom. The zero-order chi connectivity index (χ0) is 11.4. The quantitative estimate of drug-likeness (QED) is 0.818. The van der Waals surface area contributed by atoms with Gasteiger partial charge in [-0.15, -0.1) is 0 Å². The van der Waals surface area contributed by atoms with Gasteiger partial charge in [-0.1, -0.05) is 12.1 Å². The van der Waals surface area contributed by atoms with Crippen LogP contribution >= 0.6 is 0 Å². The molecule has 0 aliphatic carbocycles. The third-order valence-corrected chi connectivity index (χ3v) is 3.00. The van der Waals surface area contributed by atoms with Crippen molar-refractivity contribution in [2.75, 3.05) is 33.9 Å². The molecule has 3 nitrogen and oxygen atoms in total. The molecule has 1 atom stereocenters. The molecule has 88 valence electrons. The van der Waals surface area contributed by atoms with Gasteiger partial charge in [-0.2, -0.15) is 0 Å². The van der Waals surface area contributed by atoms with E-state index in [9.17, 15) is 0 Å². The van der Waals surface area contributed by atoms with Crippen LogP contribution < -0.4 is 10.1 Å². The summed E-state index contributed by atoms with van der Waals surface area (Å²) in [7, 11) is 3.72. The molecule has 2 rings (SSSR count). The van der Waals surface area contributed by atoms with E-state index < -0.39 is 0 Å². The molecule has 1 aromatic rings. The molecule has 1 unspecified atom stereocenters. The van der Waals surface area contributed by atoms with E-state index in [1.165, 1.54) is 11.1 Å². The number of nitrogens with one attached hydrogen (secondary N) is 1. The molecule has 0 radical (unpaired) electrons. The van der Waals surface area contributed by atoms with Gasteiger partial charge in [-0.3, -0.25) is 0 Å². The number of methoxy groups -OCH3 is 1. The number of hydrogen-bond acceptors (Lipinski definition) is 3. The van der Waals surface area contributed by atoms with Gasteiger partial charge in [0.25, 0.3) is 0 Å². The van der Waals surface area contributed by atoms with Gasteiger partial charge in [0.2, 0.25) is 0 Å². The number of fused-ring (bicyclic) bond motifs is 1. The van der Waals surface area contributed by atoms with Crippen molar-refractivity contribution >= 4 is 0 Å². The summed E-state index contributed by atoms with van der Waals surface area (Å²) >= 11 is 0. The van der Waals surface area contributed by atoms with Crippen molar-refractivity contribution < 1.29 is 9.47 Å². The van der Waals surface area contributed by atoms with Crippen LogP contribution in [0.5, 0.6) is 5.75 Å². The van der Waals surface area contributed by atoms with E-state index in [-0.39, 0.29) is 0 Å². The van der Waals surface area contributed by atoms with Crippen molar-refractivity contribution in [2.45, 2.75) is 12.3 Å². The second-order valence-corrected chi connectivity index (χ2v) is 4.18. The third-order valence-electron chi connectivity index (χ3n) is 3.00. The Bertz CT molecular complexity index is 346. The molecular weight excluding hydrogens is 202 g/mol. The van der Waals surface area contributed by atoms with Gasteiger partial charge in [0.1, 0.15) is 5.75 Å². The number of rotatable bonds is 5. The van der Waals surface area contributed by atoms with Crippen molar-refractivity contribution in [1.29, 1.82) is 0 Å². The maximum Gasteiger partial charge on any atom is 0.122 e. The van der Waals surface area contributed by atoms with Gasteiger partial charge in [0.05, 0.1) is 13.2 Å². The van der Waals surface area contributed by atoms with Crippen molar-refractivity contribution in [2.24, 2.45) is 0 Å². The van der Waals surface area contributed by atoms with Crippen LogP contribution in [0.2, 0.25) is 0 Å². The predicted octanol–water partition coefficient (Wildman–Crippen LogP) is 1.57. The van der Waals surface area contributed by atoms with Gasteiger partial charge in [0.15, 0.2) is 0 Å². The van der Waals surface area contributed by atoms with Crippen molar-refractivity contribution in [1.82, 2.24) is 5.32 Å². The van der Waals surface area contributed by atoms with Gasteiger partial charge >= 0.3 is 0 Å². The predicted molar refractivity (Wildman–Crippen MR) is 64.2 cm³/mol. The van der Waals surface area contributed by atoms with Gasteiger partial charge < -0.3 is 14.8 Å². The fourth-order valence-corrected chi connectivity index (χ4v) is 2.18. The topological polar surface area (TPSA) is 30.5 Å². The van der Waals surface area contributed by atoms with Gasteiger partial charge in [0, 0.05) is 26.0 Å². The number of hydrogen-bond donors (Lipinski definition) is 1. The van der Waals surface area contributed by atoms with E-state index >= 15 is 0 Å². The Balaban J connectivity index is 2.17. The maximum atomic E-state index is 5.51. The first-order chi connectivity index (χ1) is 7.85. The molecule has 3 heteroatoms. The van der Waals surface area contributed by atoms with E-state index in [0.29, 0.717) is 5.92 Å². The van der Waals surface area contributed by atoms with Crippen LogP contribution in [-0.2, 0) is 11.2 Å². The molecule has 0 aromatic heterocycles. The second-order valence-electron chi connectivity index (χ2n) is 4.18. The Kier molecular flexibility index (Phi) is 3.80. The minimum absolute atomic E-state index is 0.417. The molecule has 1 N–H and O–H groups in total. The highest BCUT2D eigenvalue weighted by Crippen LogP contribution is 2.28. The first-order valence-electron chi connectivity index (χ1n) is 5.74. The second kappa shape index (κ2) is 5.32. The number of ether oxygens (including phenoxy) is 2. The maximum absolute atomic E-state index is 5.51. The zero-order valence-electron chi connectivity index (χ0n) is 9.95. The van der Waals surface area contributed by atoms with Crippen LogP contribution in [0.3, 0.4) is 0 Å². The fourth-order valence-electron chi connectivity index (χ4n) is 2.18. The standard InChI is InChI=1S/C13H19NO2/c1-14-8-12(9-15-2)10-3-4-13-11(7-10)5-6-16-13/h3-4,7,12,14H,5-6,8-9H2,1-2H3. The average molecular weight is 221 g/mol. The lowest BCUT2D eigenvalue weighted by atomic mass is 9.97. The summed E-state index contributed by atoms with van der Waals surface area (Å²) < 4.78 is 10.8. The molecule has 1 aliphatic rings. The molecule has 0 spiro atoms. The Morgan fingerprint density at radius 3 is 3.12 bits per heavy atom. The van der Waals surface area contributed by atoms with Crippen LogP contribution in [-0.4, -0.2) is 33.9 Å². The van der Waals surface area contributed by atoms with Crippen LogP contribution in [0.15, 0.2) is 18.2 Å². The van der Waals surface area contributed by atoms with Gasteiger partial charge in [-0.05, 0) is 24.2 Å². The van der Waals surface area contributed by atoms with E-state index in [1.54, 1.807) is 7.11 Å². The highest BCUT2D eigenvalue weighted by atomic mass is 16.5. The first kappa shape index (κ1) is 11.4. The lowest BCUT2D eigenvalue weighted by Crippen LogP contribution is -2.21. The van der Waals surface area contributed by atoms with Crippen molar-refractivity contribution in [3.8, 4) is 5.75 Å². The van der Waals surface area contributed by atoms with Crippen molar-refractivity contribution in [3.05, 3.63) is 29.3 Å². The van der Waals surface area contributed by atoms with Crippen molar-refractivity contribution in [3.63, 3.8) is 0 Å². The SMILES string of the molecule is CNCC(COC)c1ccc2c(c1)CCO2. The minimum atomic E-state index is 0.417. The van der Waals surface area contributed by atoms with E-state index in [1.807, 2.05) is 7.05 Å². The molecule has 1 heterocycles. The fraction of sp³-hybridized carbons (Fsp3) is 0.538. The lowest BCUT2D eigenvalue weighted by Gasteiger charge is -2.16. The summed E-state index contributed by atoms with van der Waals surface area (Å²) in [6, 6.07) is 6.48. The average Bonchev–Trinajstić information content (AvgIpc) is 2.75. The molecule has 0 fully saturated rings. The number of benzene rings is 1. The lowest BCUT2D eigenvalue weighted by molar-refractivity contribution is 0.178. The van der Waals surface area contributed by atoms with Gasteiger partial charge in [-0.25, -0.2) is 0 Å². The zero-order valence-corrected chi connectivity index (χ0v) is 9.95. The van der Waals surface area contributed by atoms with Crippen LogP contribution in [0.1, 0.15) is 17.0 Å². The minimum Gasteiger partial charge on any atom is -0.493 e. The highest BCUT2D eigenvalue weighted by molar-refractivity contribution is 5.41. The molecule has 0 saturated carbocycles. The molecule has 1 aliphatic heterocycles. The van der Waals surface area contributed by atoms with Crippen LogP contribution in [0, 0.1) is 0 Å². The summed E-state index contributed by atoms with van der Waals surface area (Å²) in [5.74, 6) is 1.46. The highest BCUT2D eigenvalue weighted by Gasteiger charge is 2.16. The van der Waals surface area contributed by atoms with E-state index in [4.69, 9.17) is 9.47 Å². The van der Waals surface area contributed by atoms with E-state index in [0.717, 1.165) is 31.9 Å². The molecule has 0 bridgehead atoms. The summed E-state index contributed by atoms with van der Waals surface area (Å²) in [6.45, 7) is 2.51. The normalized spacial score (nSPS) is 15.6. The van der Waals surface area contributed by atoms with Crippen LogP contribution in [0.4, 0.5) is 0 Å². The Labute approximate surface area is 96.8 Å². The van der Waals surface area contributed by atoms with E-state index in [2.05, 4.69) is 23.5 Å². The third kappa shape index (κ3) is 2.36. The Morgan fingerprint density at radius 1 is 1.50 bits per heavy atom. The molecule has 0 saturated heterocycles. The molecular formula is C13H19NO2. The molecule has 1 aromatic carbocycles. The number of likely N-dealkylation sites (N-methyl/N-ethyl adjacent to an activating group) is 1. The summed E-state index contributed by atoms with van der Waals surface area (Å²) in [6.07, 6.45) is 1.03. The molecule has 16 heavy (non-hydrogen) atoms. The summed E-state index contributed by atoms with van der Waals surface area (Å²) in [5.41, 5.74) is 2.66.